The number of aliphatic hydroxyl groups excluding tert-OH is 2. The largest absolute Gasteiger partial charge is 0.486 e. The van der Waals surface area contributed by atoms with E-state index in [4.69, 9.17) is 4.74 Å². The van der Waals surface area contributed by atoms with E-state index in [9.17, 15) is 24.2 Å². The Morgan fingerprint density at radius 1 is 1.17 bits per heavy atom. The molecule has 2 aromatic rings. The first-order valence-electron chi connectivity index (χ1n) is 11.9. The second-order valence-electron chi connectivity index (χ2n) is 9.25. The normalized spacial score (nSPS) is 22.6. The molecular formula is C27H31FN2O5. The molecule has 1 aliphatic heterocycles. The first-order chi connectivity index (χ1) is 16.8. The Hall–Kier alpha value is -3.23. The van der Waals surface area contributed by atoms with Gasteiger partial charge in [0.1, 0.15) is 23.8 Å². The monoisotopic (exact) mass is 482 g/mol. The van der Waals surface area contributed by atoms with Crippen LogP contribution < -0.4 is 10.1 Å². The molecule has 1 heterocycles. The van der Waals surface area contributed by atoms with Crippen molar-refractivity contribution in [3.05, 3.63) is 77.1 Å². The molecule has 4 rings (SSSR count). The molecule has 0 unspecified atom stereocenters. The van der Waals surface area contributed by atoms with Crippen molar-refractivity contribution in [2.24, 2.45) is 5.92 Å². The number of para-hydroxylation sites is 1. The molecule has 0 radical (unpaired) electrons. The molecule has 0 saturated heterocycles. The number of halogens is 1. The van der Waals surface area contributed by atoms with Crippen LogP contribution in [0.3, 0.4) is 0 Å². The highest BCUT2D eigenvalue weighted by atomic mass is 19.1. The molecule has 0 saturated carbocycles. The highest BCUT2D eigenvalue weighted by Crippen LogP contribution is 2.47. The van der Waals surface area contributed by atoms with Crippen molar-refractivity contribution in [2.75, 3.05) is 19.7 Å². The van der Waals surface area contributed by atoms with Gasteiger partial charge in [-0.05, 0) is 36.3 Å². The molecule has 2 aliphatic rings. The minimum absolute atomic E-state index is 0.0808. The van der Waals surface area contributed by atoms with E-state index >= 15 is 0 Å². The summed E-state index contributed by atoms with van der Waals surface area (Å²) in [6.07, 6.45) is 0.190. The summed E-state index contributed by atoms with van der Waals surface area (Å²) in [6.45, 7) is 3.65. The predicted octanol–water partition coefficient (Wildman–Crippen LogP) is 2.18. The van der Waals surface area contributed by atoms with Gasteiger partial charge in [-0.2, -0.15) is 0 Å². The maximum atomic E-state index is 13.7. The van der Waals surface area contributed by atoms with E-state index in [2.05, 4.69) is 5.32 Å². The van der Waals surface area contributed by atoms with Crippen molar-refractivity contribution in [3.8, 4) is 5.75 Å². The molecule has 0 fully saturated rings. The van der Waals surface area contributed by atoms with Gasteiger partial charge in [-0.15, -0.1) is 0 Å². The molecule has 35 heavy (non-hydrogen) atoms. The summed E-state index contributed by atoms with van der Waals surface area (Å²) in [5, 5.41) is 23.3. The van der Waals surface area contributed by atoms with Crippen LogP contribution in [0.4, 0.5) is 4.39 Å². The number of ether oxygens (including phenoxy) is 1. The molecule has 0 spiro atoms. The van der Waals surface area contributed by atoms with Gasteiger partial charge in [0.25, 0.3) is 0 Å². The lowest BCUT2D eigenvalue weighted by atomic mass is 9.77. The van der Waals surface area contributed by atoms with Crippen LogP contribution in [0.2, 0.25) is 0 Å². The van der Waals surface area contributed by atoms with Crippen LogP contribution in [-0.2, 0) is 16.0 Å². The minimum atomic E-state index is -1.09. The van der Waals surface area contributed by atoms with Crippen molar-refractivity contribution >= 4 is 11.8 Å². The lowest BCUT2D eigenvalue weighted by Crippen LogP contribution is -2.56. The SMILES string of the molecule is CC(C)C(=O)N(CCc1cccc(F)c1)[C@@H]1C=C(C(=O)NCCO)[C@@H]2c3ccccc3O[C@@H]2[C@H]1O. The minimum Gasteiger partial charge on any atom is -0.486 e. The summed E-state index contributed by atoms with van der Waals surface area (Å²) in [5.41, 5.74) is 1.90. The van der Waals surface area contributed by atoms with Gasteiger partial charge in [-0.25, -0.2) is 4.39 Å². The first kappa shape index (κ1) is 24.9. The summed E-state index contributed by atoms with van der Waals surface area (Å²) in [7, 11) is 0. The fraction of sp³-hybridized carbons (Fsp3) is 0.407. The van der Waals surface area contributed by atoms with Crippen LogP contribution >= 0.6 is 0 Å². The van der Waals surface area contributed by atoms with E-state index in [1.807, 2.05) is 18.2 Å². The van der Waals surface area contributed by atoms with E-state index in [1.165, 1.54) is 12.1 Å². The quantitative estimate of drug-likeness (QED) is 0.536. The lowest BCUT2D eigenvalue weighted by Gasteiger charge is -2.41. The number of amides is 2. The third kappa shape index (κ3) is 5.09. The molecule has 2 amide bonds. The Labute approximate surface area is 204 Å². The molecule has 4 atom stereocenters. The second-order valence-corrected chi connectivity index (χ2v) is 9.25. The molecule has 0 aromatic heterocycles. The fourth-order valence-electron chi connectivity index (χ4n) is 4.87. The number of hydrogen-bond acceptors (Lipinski definition) is 5. The zero-order valence-corrected chi connectivity index (χ0v) is 19.9. The molecule has 7 nitrogen and oxygen atoms in total. The van der Waals surface area contributed by atoms with Gasteiger partial charge in [0.15, 0.2) is 0 Å². The molecule has 0 bridgehead atoms. The van der Waals surface area contributed by atoms with E-state index in [-0.39, 0.29) is 43.2 Å². The third-order valence-corrected chi connectivity index (χ3v) is 6.54. The maximum Gasteiger partial charge on any atom is 0.247 e. The third-order valence-electron chi connectivity index (χ3n) is 6.54. The number of fused-ring (bicyclic) bond motifs is 3. The predicted molar refractivity (Wildman–Crippen MR) is 128 cm³/mol. The average Bonchev–Trinajstić information content (AvgIpc) is 3.24. The van der Waals surface area contributed by atoms with Gasteiger partial charge in [-0.3, -0.25) is 9.59 Å². The summed E-state index contributed by atoms with van der Waals surface area (Å²) < 4.78 is 19.8. The number of carbonyl (C=O) groups excluding carboxylic acids is 2. The van der Waals surface area contributed by atoms with Gasteiger partial charge >= 0.3 is 0 Å². The van der Waals surface area contributed by atoms with Crippen molar-refractivity contribution < 1.29 is 28.9 Å². The number of carbonyl (C=O) groups is 2. The number of rotatable bonds is 8. The van der Waals surface area contributed by atoms with Crippen molar-refractivity contribution in [1.82, 2.24) is 10.2 Å². The van der Waals surface area contributed by atoms with E-state index in [0.717, 1.165) is 11.1 Å². The Morgan fingerprint density at radius 3 is 2.66 bits per heavy atom. The summed E-state index contributed by atoms with van der Waals surface area (Å²) in [4.78, 5) is 28.0. The van der Waals surface area contributed by atoms with E-state index in [0.29, 0.717) is 17.7 Å². The summed E-state index contributed by atoms with van der Waals surface area (Å²) in [5.74, 6) is -1.20. The number of hydrogen-bond donors (Lipinski definition) is 3. The molecular weight excluding hydrogens is 451 g/mol. The van der Waals surface area contributed by atoms with Crippen LogP contribution in [0.1, 0.15) is 30.9 Å². The second kappa shape index (κ2) is 10.6. The molecule has 1 aliphatic carbocycles. The average molecular weight is 483 g/mol. The number of nitrogens with one attached hydrogen (secondary N) is 1. The van der Waals surface area contributed by atoms with Crippen molar-refractivity contribution in [1.29, 1.82) is 0 Å². The van der Waals surface area contributed by atoms with Gasteiger partial charge in [0, 0.05) is 30.1 Å². The molecule has 2 aromatic carbocycles. The van der Waals surface area contributed by atoms with Crippen molar-refractivity contribution in [2.45, 2.75) is 44.4 Å². The van der Waals surface area contributed by atoms with Gasteiger partial charge < -0.3 is 25.2 Å². The zero-order valence-electron chi connectivity index (χ0n) is 19.9. The van der Waals surface area contributed by atoms with Crippen LogP contribution in [0, 0.1) is 11.7 Å². The van der Waals surface area contributed by atoms with E-state index in [1.54, 1.807) is 43.0 Å². The number of benzene rings is 2. The number of aliphatic hydroxyl groups is 2. The van der Waals surface area contributed by atoms with Crippen LogP contribution in [-0.4, -0.2) is 64.9 Å². The fourth-order valence-corrected chi connectivity index (χ4v) is 4.87. The topological polar surface area (TPSA) is 99.1 Å². The smallest absolute Gasteiger partial charge is 0.247 e. The highest BCUT2D eigenvalue weighted by Gasteiger charge is 2.50. The summed E-state index contributed by atoms with van der Waals surface area (Å²) >= 11 is 0. The Balaban J connectivity index is 1.71. The maximum absolute atomic E-state index is 13.7. The Bertz CT molecular complexity index is 1120. The van der Waals surface area contributed by atoms with Gasteiger partial charge in [0.05, 0.1) is 18.6 Å². The van der Waals surface area contributed by atoms with Crippen LogP contribution in [0.15, 0.2) is 60.2 Å². The Morgan fingerprint density at radius 2 is 1.94 bits per heavy atom. The summed E-state index contributed by atoms with van der Waals surface area (Å²) in [6, 6.07) is 12.7. The van der Waals surface area contributed by atoms with Gasteiger partial charge in [-0.1, -0.05) is 44.2 Å². The lowest BCUT2D eigenvalue weighted by molar-refractivity contribution is -0.140. The van der Waals surface area contributed by atoms with E-state index < -0.39 is 24.2 Å². The standard InChI is InChI=1S/C27H31FN2O5/c1-16(2)27(34)30(12-10-17-6-5-7-18(28)14-17)21-15-20(26(33)29-11-13-31)23-19-8-3-4-9-22(19)35-25(23)24(21)32/h3-9,14-16,21,23-25,31-32H,10-13H2,1-2H3,(H,29,33)/t21-,23+,24+,25+/m1/s1. The molecule has 8 heteroatoms. The first-order valence-corrected chi connectivity index (χ1v) is 11.9. The van der Waals surface area contributed by atoms with Crippen LogP contribution in [0.25, 0.3) is 0 Å². The molecule has 3 N–H and O–H groups in total. The van der Waals surface area contributed by atoms with Crippen molar-refractivity contribution in [3.63, 3.8) is 0 Å². The zero-order chi connectivity index (χ0) is 25.1. The number of nitrogens with zero attached hydrogens (tertiary/aromatic N) is 1. The Kier molecular flexibility index (Phi) is 7.52. The highest BCUT2D eigenvalue weighted by molar-refractivity contribution is 5.96. The van der Waals surface area contributed by atoms with Crippen LogP contribution in [0.5, 0.6) is 5.75 Å². The molecule has 186 valence electrons. The van der Waals surface area contributed by atoms with Gasteiger partial charge in [0.2, 0.25) is 11.8 Å².